The third-order valence-electron chi connectivity index (χ3n) is 4.84. The number of carbonyl (C=O) groups is 2. The number of esters is 1. The van der Waals surface area contributed by atoms with E-state index in [0.29, 0.717) is 0 Å². The van der Waals surface area contributed by atoms with Gasteiger partial charge in [-0.1, -0.05) is 60.7 Å². The van der Waals surface area contributed by atoms with E-state index in [9.17, 15) is 9.59 Å². The number of nitrogens with one attached hydrogen (secondary N) is 1. The molecular formula is C23H27NO4. The van der Waals surface area contributed by atoms with Gasteiger partial charge in [0.25, 0.3) is 0 Å². The molecule has 0 saturated heterocycles. The van der Waals surface area contributed by atoms with Crippen molar-refractivity contribution in [2.75, 3.05) is 6.61 Å². The van der Waals surface area contributed by atoms with E-state index < -0.39 is 23.2 Å². The number of hydrogen-bond donors (Lipinski definition) is 1. The Morgan fingerprint density at radius 3 is 1.79 bits per heavy atom. The molecule has 28 heavy (non-hydrogen) atoms. The summed E-state index contributed by atoms with van der Waals surface area (Å²) < 4.78 is 10.8. The minimum atomic E-state index is -1.19. The Hall–Kier alpha value is -2.82. The Morgan fingerprint density at radius 2 is 1.39 bits per heavy atom. The highest BCUT2D eigenvalue weighted by atomic mass is 16.6. The van der Waals surface area contributed by atoms with Crippen molar-refractivity contribution >= 4 is 12.1 Å². The van der Waals surface area contributed by atoms with Crippen LogP contribution < -0.4 is 5.32 Å². The molecular weight excluding hydrogens is 354 g/mol. The maximum absolute atomic E-state index is 13.1. The van der Waals surface area contributed by atoms with Crippen LogP contribution in [0.1, 0.15) is 50.7 Å². The molecule has 0 aliphatic heterocycles. The summed E-state index contributed by atoms with van der Waals surface area (Å²) in [4.78, 5) is 25.7. The molecule has 2 aromatic rings. The maximum atomic E-state index is 13.1. The van der Waals surface area contributed by atoms with E-state index in [1.165, 1.54) is 0 Å². The van der Waals surface area contributed by atoms with Gasteiger partial charge in [-0.05, 0) is 38.8 Å². The molecule has 0 spiro atoms. The maximum Gasteiger partial charge on any atom is 0.408 e. The van der Waals surface area contributed by atoms with Crippen molar-refractivity contribution < 1.29 is 19.1 Å². The van der Waals surface area contributed by atoms with E-state index >= 15 is 0 Å². The van der Waals surface area contributed by atoms with Gasteiger partial charge in [0.05, 0.1) is 6.61 Å². The fraction of sp³-hybridized carbons (Fsp3) is 0.391. The smallest absolute Gasteiger partial charge is 0.408 e. The molecule has 148 valence electrons. The lowest BCUT2D eigenvalue weighted by atomic mass is 10.0. The van der Waals surface area contributed by atoms with Crippen molar-refractivity contribution in [2.24, 2.45) is 0 Å². The first kappa shape index (κ1) is 19.9. The lowest BCUT2D eigenvalue weighted by molar-refractivity contribution is -0.147. The number of benzene rings is 2. The van der Waals surface area contributed by atoms with Crippen LogP contribution in [0.2, 0.25) is 0 Å². The molecule has 1 N–H and O–H groups in total. The Bertz CT molecular complexity index is 781. The molecule has 5 heteroatoms. The Kier molecular flexibility index (Phi) is 5.45. The summed E-state index contributed by atoms with van der Waals surface area (Å²) in [7, 11) is 0. The Labute approximate surface area is 166 Å². The second-order valence-electron chi connectivity index (χ2n) is 7.99. The molecule has 0 unspecified atom stereocenters. The fourth-order valence-electron chi connectivity index (χ4n) is 3.80. The number of hydrogen-bond acceptors (Lipinski definition) is 4. The highest BCUT2D eigenvalue weighted by molar-refractivity contribution is 5.94. The summed E-state index contributed by atoms with van der Waals surface area (Å²) in [6.07, 6.45) is -0.625. The van der Waals surface area contributed by atoms with Crippen LogP contribution in [-0.4, -0.2) is 29.8 Å². The predicted molar refractivity (Wildman–Crippen MR) is 107 cm³/mol. The normalized spacial score (nSPS) is 23.6. The molecule has 0 bridgehead atoms. The summed E-state index contributed by atoms with van der Waals surface area (Å²) in [6.45, 7) is 7.37. The van der Waals surface area contributed by atoms with E-state index in [-0.39, 0.29) is 18.4 Å². The van der Waals surface area contributed by atoms with Crippen LogP contribution in [0.3, 0.4) is 0 Å². The van der Waals surface area contributed by atoms with Gasteiger partial charge in [-0.15, -0.1) is 0 Å². The summed E-state index contributed by atoms with van der Waals surface area (Å²) in [5.41, 5.74) is 0.0846. The number of amides is 1. The second-order valence-corrected chi connectivity index (χ2v) is 7.99. The lowest BCUT2D eigenvalue weighted by Crippen LogP contribution is -2.48. The SMILES string of the molecule is CCOC(=O)C1(NC(=O)OC(C)(C)C)[C@@H](c2ccccc2)[C@@H]1c1ccccc1. The first-order valence-corrected chi connectivity index (χ1v) is 9.58. The van der Waals surface area contributed by atoms with Crippen molar-refractivity contribution in [3.8, 4) is 0 Å². The third kappa shape index (κ3) is 3.88. The molecule has 1 aliphatic carbocycles. The van der Waals surface area contributed by atoms with Crippen LogP contribution >= 0.6 is 0 Å². The van der Waals surface area contributed by atoms with Crippen LogP contribution in [0.4, 0.5) is 4.79 Å². The molecule has 5 nitrogen and oxygen atoms in total. The van der Waals surface area contributed by atoms with E-state index in [2.05, 4.69) is 5.32 Å². The average molecular weight is 381 g/mol. The standard InChI is InChI=1S/C23H27NO4/c1-5-27-20(25)23(24-21(26)28-22(2,3)4)18(16-12-8-6-9-13-16)19(23)17-14-10-7-11-15-17/h6-15,18-19H,5H2,1-4H3,(H,24,26)/t18-,19-/m0/s1. The van der Waals surface area contributed by atoms with Crippen LogP contribution in [0, 0.1) is 0 Å². The van der Waals surface area contributed by atoms with Gasteiger partial charge in [0, 0.05) is 11.8 Å². The van der Waals surface area contributed by atoms with Crippen LogP contribution in [0.15, 0.2) is 60.7 Å². The molecule has 1 fully saturated rings. The molecule has 1 amide bonds. The zero-order chi connectivity index (χ0) is 20.4. The first-order chi connectivity index (χ1) is 13.3. The van der Waals surface area contributed by atoms with Crippen LogP contribution in [-0.2, 0) is 14.3 Å². The number of alkyl carbamates (subject to hydrolysis) is 1. The lowest BCUT2D eigenvalue weighted by Gasteiger charge is -2.24. The van der Waals surface area contributed by atoms with Crippen molar-refractivity contribution in [3.05, 3.63) is 71.8 Å². The van der Waals surface area contributed by atoms with Gasteiger partial charge in [0.1, 0.15) is 5.60 Å². The van der Waals surface area contributed by atoms with E-state index in [1.807, 2.05) is 60.7 Å². The quantitative estimate of drug-likeness (QED) is 0.780. The number of rotatable bonds is 5. The van der Waals surface area contributed by atoms with Gasteiger partial charge in [-0.25, -0.2) is 9.59 Å². The van der Waals surface area contributed by atoms with Gasteiger partial charge < -0.3 is 14.8 Å². The summed E-state index contributed by atoms with van der Waals surface area (Å²) >= 11 is 0. The zero-order valence-corrected chi connectivity index (χ0v) is 16.8. The van der Waals surface area contributed by atoms with Crippen molar-refractivity contribution in [1.82, 2.24) is 5.32 Å². The molecule has 2 atom stereocenters. The van der Waals surface area contributed by atoms with Crippen molar-refractivity contribution in [1.29, 1.82) is 0 Å². The third-order valence-corrected chi connectivity index (χ3v) is 4.84. The summed E-state index contributed by atoms with van der Waals surface area (Å²) in [5, 5.41) is 2.87. The van der Waals surface area contributed by atoms with Crippen LogP contribution in [0.25, 0.3) is 0 Å². The highest BCUT2D eigenvalue weighted by Crippen LogP contribution is 2.64. The highest BCUT2D eigenvalue weighted by Gasteiger charge is 2.73. The molecule has 3 rings (SSSR count). The van der Waals surface area contributed by atoms with E-state index in [1.54, 1.807) is 27.7 Å². The zero-order valence-electron chi connectivity index (χ0n) is 16.8. The summed E-state index contributed by atoms with van der Waals surface area (Å²) in [5.74, 6) is -0.908. The van der Waals surface area contributed by atoms with Gasteiger partial charge in [-0.3, -0.25) is 0 Å². The molecule has 0 heterocycles. The van der Waals surface area contributed by atoms with Crippen molar-refractivity contribution in [2.45, 2.75) is 50.7 Å². The number of carbonyl (C=O) groups excluding carboxylic acids is 2. The molecule has 0 aromatic heterocycles. The summed E-state index contributed by atoms with van der Waals surface area (Å²) in [6, 6.07) is 19.5. The second kappa shape index (κ2) is 7.66. The largest absolute Gasteiger partial charge is 0.464 e. The predicted octanol–water partition coefficient (Wildman–Crippen LogP) is 4.39. The van der Waals surface area contributed by atoms with Gasteiger partial charge >= 0.3 is 12.1 Å². The first-order valence-electron chi connectivity index (χ1n) is 9.58. The Morgan fingerprint density at radius 1 is 0.929 bits per heavy atom. The van der Waals surface area contributed by atoms with E-state index in [4.69, 9.17) is 9.47 Å². The monoisotopic (exact) mass is 381 g/mol. The minimum absolute atomic E-state index is 0.234. The van der Waals surface area contributed by atoms with E-state index in [0.717, 1.165) is 11.1 Å². The van der Waals surface area contributed by atoms with Crippen LogP contribution in [0.5, 0.6) is 0 Å². The number of ether oxygens (including phenoxy) is 2. The molecule has 0 radical (unpaired) electrons. The average Bonchev–Trinajstić information content (AvgIpc) is 3.31. The van der Waals surface area contributed by atoms with Gasteiger partial charge in [0.15, 0.2) is 5.54 Å². The van der Waals surface area contributed by atoms with Gasteiger partial charge in [-0.2, -0.15) is 0 Å². The molecule has 2 aromatic carbocycles. The molecule has 1 saturated carbocycles. The van der Waals surface area contributed by atoms with Gasteiger partial charge in [0.2, 0.25) is 0 Å². The minimum Gasteiger partial charge on any atom is -0.464 e. The fourth-order valence-corrected chi connectivity index (χ4v) is 3.80. The Balaban J connectivity index is 2.03. The topological polar surface area (TPSA) is 64.6 Å². The van der Waals surface area contributed by atoms with Crippen molar-refractivity contribution in [3.63, 3.8) is 0 Å². The molecule has 1 aliphatic rings.